The third kappa shape index (κ3) is 4.58. The molecule has 0 radical (unpaired) electrons. The van der Waals surface area contributed by atoms with Gasteiger partial charge in [-0.15, -0.1) is 0 Å². The largest absolute Gasteiger partial charge is 0.481 e. The lowest BCUT2D eigenvalue weighted by atomic mass is 9.74. The number of esters is 2. The lowest BCUT2D eigenvalue weighted by Crippen LogP contribution is -2.40. The number of carboxylic acid groups (broad SMARTS) is 2. The lowest BCUT2D eigenvalue weighted by Gasteiger charge is -2.32. The first-order valence-corrected chi connectivity index (χ1v) is 8.91. The second-order valence-electron chi connectivity index (χ2n) is 7.68. The molecule has 25 heavy (non-hydrogen) atoms. The second kappa shape index (κ2) is 7.97. The molecule has 2 aliphatic carbocycles. The summed E-state index contributed by atoms with van der Waals surface area (Å²) in [7, 11) is 0. The van der Waals surface area contributed by atoms with Crippen molar-refractivity contribution < 1.29 is 34.1 Å². The van der Waals surface area contributed by atoms with E-state index >= 15 is 0 Å². The summed E-state index contributed by atoms with van der Waals surface area (Å²) in [4.78, 5) is 47.5. The Labute approximate surface area is 146 Å². The molecule has 0 amide bonds. The highest BCUT2D eigenvalue weighted by Crippen LogP contribution is 2.37. The summed E-state index contributed by atoms with van der Waals surface area (Å²) in [5, 5.41) is 18.7. The van der Waals surface area contributed by atoms with Gasteiger partial charge in [0, 0.05) is 0 Å². The molecule has 2 saturated carbocycles. The van der Waals surface area contributed by atoms with Crippen molar-refractivity contribution in [2.24, 2.45) is 35.5 Å². The maximum Gasteiger partial charge on any atom is 0.317 e. The highest BCUT2D eigenvalue weighted by atomic mass is 16.6. The summed E-state index contributed by atoms with van der Waals surface area (Å²) < 4.78 is 4.96. The predicted octanol–water partition coefficient (Wildman–Crippen LogP) is 2.33. The molecule has 6 atom stereocenters. The number of carboxylic acids is 2. The summed E-state index contributed by atoms with van der Waals surface area (Å²) in [6.07, 6.45) is 2.90. The van der Waals surface area contributed by atoms with Gasteiger partial charge in [-0.1, -0.05) is 13.8 Å². The van der Waals surface area contributed by atoms with Crippen LogP contribution in [0, 0.1) is 35.5 Å². The lowest BCUT2D eigenvalue weighted by molar-refractivity contribution is -0.175. The summed E-state index contributed by atoms with van der Waals surface area (Å²) in [6.45, 7) is 3.87. The van der Waals surface area contributed by atoms with Crippen molar-refractivity contribution in [2.75, 3.05) is 0 Å². The maximum absolute atomic E-state index is 12.4. The fourth-order valence-electron chi connectivity index (χ4n) is 4.12. The highest BCUT2D eigenvalue weighted by molar-refractivity contribution is 5.92. The third-order valence-corrected chi connectivity index (χ3v) is 5.67. The van der Waals surface area contributed by atoms with E-state index in [1.807, 2.05) is 13.8 Å². The number of aliphatic carboxylic acids is 2. The van der Waals surface area contributed by atoms with Gasteiger partial charge >= 0.3 is 23.9 Å². The molecule has 140 valence electrons. The molecule has 0 aromatic heterocycles. The van der Waals surface area contributed by atoms with Crippen LogP contribution in [-0.4, -0.2) is 34.1 Å². The van der Waals surface area contributed by atoms with E-state index in [-0.39, 0.29) is 11.8 Å². The van der Waals surface area contributed by atoms with Gasteiger partial charge < -0.3 is 14.9 Å². The number of hydrogen-bond acceptors (Lipinski definition) is 5. The average molecular weight is 354 g/mol. The molecule has 0 aliphatic heterocycles. The Kier molecular flexibility index (Phi) is 6.19. The van der Waals surface area contributed by atoms with Crippen molar-refractivity contribution in [1.29, 1.82) is 0 Å². The molecule has 0 bridgehead atoms. The van der Waals surface area contributed by atoms with Crippen LogP contribution in [0.4, 0.5) is 0 Å². The van der Waals surface area contributed by atoms with E-state index in [4.69, 9.17) is 4.74 Å². The van der Waals surface area contributed by atoms with Gasteiger partial charge in [-0.05, 0) is 50.4 Å². The summed E-state index contributed by atoms with van der Waals surface area (Å²) in [5.41, 5.74) is 0. The summed E-state index contributed by atoms with van der Waals surface area (Å²) in [5.74, 6) is -6.76. The molecule has 0 saturated heterocycles. The van der Waals surface area contributed by atoms with Gasteiger partial charge in [0.1, 0.15) is 0 Å². The monoisotopic (exact) mass is 354 g/mol. The van der Waals surface area contributed by atoms with Crippen LogP contribution >= 0.6 is 0 Å². The molecule has 7 nitrogen and oxygen atoms in total. The molecule has 7 heteroatoms. The fraction of sp³-hybridized carbons (Fsp3) is 0.778. The van der Waals surface area contributed by atoms with Crippen LogP contribution in [0.25, 0.3) is 0 Å². The predicted molar refractivity (Wildman–Crippen MR) is 86.4 cm³/mol. The Morgan fingerprint density at radius 3 is 1.36 bits per heavy atom. The van der Waals surface area contributed by atoms with Gasteiger partial charge in [0.15, 0.2) is 0 Å². The molecule has 0 spiro atoms. The fourth-order valence-corrected chi connectivity index (χ4v) is 4.12. The molecule has 6 unspecified atom stereocenters. The van der Waals surface area contributed by atoms with Crippen LogP contribution in [-0.2, 0) is 23.9 Å². The maximum atomic E-state index is 12.4. The molecule has 2 rings (SSSR count). The Morgan fingerprint density at radius 2 is 1.04 bits per heavy atom. The molecular weight excluding hydrogens is 328 g/mol. The van der Waals surface area contributed by atoms with Crippen molar-refractivity contribution in [3.63, 3.8) is 0 Å². The number of ether oxygens (including phenoxy) is 1. The van der Waals surface area contributed by atoms with Crippen LogP contribution < -0.4 is 0 Å². The molecular formula is C18H26O7. The highest BCUT2D eigenvalue weighted by Gasteiger charge is 2.43. The van der Waals surface area contributed by atoms with Crippen LogP contribution in [0.2, 0.25) is 0 Å². The minimum absolute atomic E-state index is 0.206. The van der Waals surface area contributed by atoms with Gasteiger partial charge in [-0.2, -0.15) is 0 Å². The Morgan fingerprint density at radius 1 is 0.680 bits per heavy atom. The Bertz CT molecular complexity index is 508. The zero-order valence-electron chi connectivity index (χ0n) is 14.6. The van der Waals surface area contributed by atoms with Gasteiger partial charge in [-0.25, -0.2) is 0 Å². The Balaban J connectivity index is 2.04. The smallest absolute Gasteiger partial charge is 0.317 e. The minimum Gasteiger partial charge on any atom is -0.481 e. The molecule has 0 aromatic carbocycles. The quantitative estimate of drug-likeness (QED) is 0.587. The van der Waals surface area contributed by atoms with Crippen molar-refractivity contribution in [3.8, 4) is 0 Å². The van der Waals surface area contributed by atoms with Crippen molar-refractivity contribution >= 4 is 23.9 Å². The normalized spacial score (nSPS) is 35.6. The first-order chi connectivity index (χ1) is 11.7. The van der Waals surface area contributed by atoms with Gasteiger partial charge in [-0.3, -0.25) is 19.2 Å². The SMILES string of the molecule is CC1CCC(C(=O)OC(=O)C2CCC(C)CC2C(=O)O)C(C(=O)O)C1. The summed E-state index contributed by atoms with van der Waals surface area (Å²) >= 11 is 0. The molecule has 0 aromatic rings. The Hall–Kier alpha value is -1.92. The first kappa shape index (κ1) is 19.4. The number of hydrogen-bond donors (Lipinski definition) is 2. The molecule has 2 fully saturated rings. The van der Waals surface area contributed by atoms with E-state index in [1.165, 1.54) is 0 Å². The topological polar surface area (TPSA) is 118 Å². The van der Waals surface area contributed by atoms with E-state index in [2.05, 4.69) is 0 Å². The second-order valence-corrected chi connectivity index (χ2v) is 7.68. The van der Waals surface area contributed by atoms with Crippen molar-refractivity contribution in [3.05, 3.63) is 0 Å². The van der Waals surface area contributed by atoms with Gasteiger partial charge in [0.05, 0.1) is 23.7 Å². The van der Waals surface area contributed by atoms with E-state index in [0.29, 0.717) is 38.5 Å². The summed E-state index contributed by atoms with van der Waals surface area (Å²) in [6, 6.07) is 0. The molecule has 2 aliphatic rings. The zero-order valence-corrected chi connectivity index (χ0v) is 14.6. The van der Waals surface area contributed by atoms with Crippen molar-refractivity contribution in [1.82, 2.24) is 0 Å². The standard InChI is InChI=1S/C18H26O7/c1-9-3-5-11(13(7-9)15(19)20)17(23)25-18(24)12-6-4-10(2)8-14(12)16(21)22/h9-14H,3-8H2,1-2H3,(H,19,20)(H,21,22). The van der Waals surface area contributed by atoms with Crippen molar-refractivity contribution in [2.45, 2.75) is 52.4 Å². The molecule has 2 N–H and O–H groups in total. The minimum atomic E-state index is -1.06. The van der Waals surface area contributed by atoms with Gasteiger partial charge in [0.25, 0.3) is 0 Å². The average Bonchev–Trinajstić information content (AvgIpc) is 2.54. The third-order valence-electron chi connectivity index (χ3n) is 5.67. The molecule has 0 heterocycles. The van der Waals surface area contributed by atoms with Gasteiger partial charge in [0.2, 0.25) is 0 Å². The first-order valence-electron chi connectivity index (χ1n) is 8.91. The van der Waals surface area contributed by atoms with E-state index < -0.39 is 47.5 Å². The van der Waals surface area contributed by atoms with Crippen LogP contribution in [0.3, 0.4) is 0 Å². The van der Waals surface area contributed by atoms with E-state index in [1.54, 1.807) is 0 Å². The van der Waals surface area contributed by atoms with Crippen LogP contribution in [0.1, 0.15) is 52.4 Å². The van der Waals surface area contributed by atoms with Crippen LogP contribution in [0.15, 0.2) is 0 Å². The van der Waals surface area contributed by atoms with E-state index in [9.17, 15) is 29.4 Å². The van der Waals surface area contributed by atoms with E-state index in [0.717, 1.165) is 0 Å². The van der Waals surface area contributed by atoms with Crippen LogP contribution in [0.5, 0.6) is 0 Å². The number of carbonyl (C=O) groups excluding carboxylic acids is 2. The number of carbonyl (C=O) groups is 4. The number of rotatable bonds is 4. The zero-order chi connectivity index (χ0) is 18.7.